The van der Waals surface area contributed by atoms with Crippen LogP contribution in [0, 0.1) is 6.92 Å². The summed E-state index contributed by atoms with van der Waals surface area (Å²) in [6.45, 7) is 2.07. The van der Waals surface area contributed by atoms with Crippen LogP contribution in [-0.2, 0) is 0 Å². The van der Waals surface area contributed by atoms with E-state index in [-0.39, 0.29) is 0 Å². The first-order valence-corrected chi connectivity index (χ1v) is 4.59. The van der Waals surface area contributed by atoms with Gasteiger partial charge in [-0.1, -0.05) is 0 Å². The van der Waals surface area contributed by atoms with Gasteiger partial charge in [0.25, 0.3) is 0 Å². The quantitative estimate of drug-likeness (QED) is 0.768. The summed E-state index contributed by atoms with van der Waals surface area (Å²) in [6, 6.07) is 10.1. The van der Waals surface area contributed by atoms with Gasteiger partial charge in [-0.2, -0.15) is 0 Å². The van der Waals surface area contributed by atoms with Crippen LogP contribution in [0.2, 0.25) is 0 Å². The highest BCUT2D eigenvalue weighted by atomic mass is 16.5. The molecule has 0 spiro atoms. The summed E-state index contributed by atoms with van der Waals surface area (Å²) < 4.78 is 5.10. The van der Waals surface area contributed by atoms with Crippen molar-refractivity contribution in [1.29, 1.82) is 0 Å². The summed E-state index contributed by atoms with van der Waals surface area (Å²) in [7, 11) is 1.67. The Morgan fingerprint density at radius 3 is 2.36 bits per heavy atom. The van der Waals surface area contributed by atoms with Crippen molar-refractivity contribution < 1.29 is 4.74 Å². The number of aromatic amines is 1. The van der Waals surface area contributed by atoms with Gasteiger partial charge in [0, 0.05) is 11.9 Å². The average molecular weight is 187 g/mol. The van der Waals surface area contributed by atoms with Crippen LogP contribution in [-0.4, -0.2) is 12.1 Å². The molecule has 0 aliphatic rings. The number of nitrogens with one attached hydrogen (secondary N) is 1. The maximum atomic E-state index is 5.10. The van der Waals surface area contributed by atoms with Gasteiger partial charge in [-0.3, -0.25) is 0 Å². The van der Waals surface area contributed by atoms with Gasteiger partial charge < -0.3 is 9.72 Å². The minimum Gasteiger partial charge on any atom is -0.497 e. The van der Waals surface area contributed by atoms with Crippen molar-refractivity contribution in [2.45, 2.75) is 6.92 Å². The van der Waals surface area contributed by atoms with Crippen LogP contribution in [0.5, 0.6) is 5.75 Å². The largest absolute Gasteiger partial charge is 0.497 e. The molecule has 0 bridgehead atoms. The summed E-state index contributed by atoms with van der Waals surface area (Å²) in [5, 5.41) is 0. The third-order valence-electron chi connectivity index (χ3n) is 2.23. The Hall–Kier alpha value is -1.70. The molecule has 0 saturated heterocycles. The molecule has 2 aromatic rings. The van der Waals surface area contributed by atoms with Crippen molar-refractivity contribution in [1.82, 2.24) is 4.98 Å². The zero-order valence-corrected chi connectivity index (χ0v) is 8.37. The molecule has 0 fully saturated rings. The molecule has 1 N–H and O–H groups in total. The maximum absolute atomic E-state index is 5.10. The normalized spacial score (nSPS) is 10.1. The van der Waals surface area contributed by atoms with Crippen LogP contribution in [0.3, 0.4) is 0 Å². The van der Waals surface area contributed by atoms with Gasteiger partial charge in [0.15, 0.2) is 0 Å². The molecule has 0 unspecified atom stereocenters. The lowest BCUT2D eigenvalue weighted by molar-refractivity contribution is 0.415. The van der Waals surface area contributed by atoms with E-state index in [1.54, 1.807) is 7.11 Å². The average Bonchev–Trinajstić information content (AvgIpc) is 2.65. The number of rotatable bonds is 2. The lowest BCUT2D eigenvalue weighted by atomic mass is 10.1. The summed E-state index contributed by atoms with van der Waals surface area (Å²) in [4.78, 5) is 3.22. The standard InChI is InChI=1S/C12H13NO/c1-9-7-12(13-8-9)10-3-5-11(14-2)6-4-10/h3-8,13H,1-2H3. The zero-order chi connectivity index (χ0) is 9.97. The van der Waals surface area contributed by atoms with Crippen molar-refractivity contribution in [3.05, 3.63) is 42.1 Å². The van der Waals surface area contributed by atoms with E-state index in [0.29, 0.717) is 0 Å². The number of aromatic nitrogens is 1. The van der Waals surface area contributed by atoms with Crippen molar-refractivity contribution in [2.75, 3.05) is 7.11 Å². The summed E-state index contributed by atoms with van der Waals surface area (Å²) >= 11 is 0. The molecule has 2 nitrogen and oxygen atoms in total. The highest BCUT2D eigenvalue weighted by Gasteiger charge is 1.99. The van der Waals surface area contributed by atoms with Gasteiger partial charge in [-0.15, -0.1) is 0 Å². The van der Waals surface area contributed by atoms with Crippen LogP contribution in [0.4, 0.5) is 0 Å². The molecule has 0 radical (unpaired) electrons. The van der Waals surface area contributed by atoms with E-state index in [2.05, 4.69) is 18.0 Å². The molecule has 1 heterocycles. The second-order valence-corrected chi connectivity index (χ2v) is 3.32. The molecule has 0 amide bonds. The van der Waals surface area contributed by atoms with Crippen LogP contribution in [0.25, 0.3) is 11.3 Å². The first-order valence-electron chi connectivity index (χ1n) is 4.59. The van der Waals surface area contributed by atoms with Crippen molar-refractivity contribution in [3.63, 3.8) is 0 Å². The Kier molecular flexibility index (Phi) is 2.27. The molecular formula is C12H13NO. The third-order valence-corrected chi connectivity index (χ3v) is 2.23. The zero-order valence-electron chi connectivity index (χ0n) is 8.37. The smallest absolute Gasteiger partial charge is 0.118 e. The highest BCUT2D eigenvalue weighted by molar-refractivity contribution is 5.61. The molecule has 2 rings (SSSR count). The lowest BCUT2D eigenvalue weighted by Crippen LogP contribution is -1.82. The second kappa shape index (κ2) is 3.58. The number of aryl methyl sites for hydroxylation is 1. The Morgan fingerprint density at radius 2 is 1.86 bits per heavy atom. The molecule has 14 heavy (non-hydrogen) atoms. The topological polar surface area (TPSA) is 25.0 Å². The fraction of sp³-hybridized carbons (Fsp3) is 0.167. The van der Waals surface area contributed by atoms with E-state index < -0.39 is 0 Å². The SMILES string of the molecule is COc1ccc(-c2cc(C)c[nH]2)cc1. The van der Waals surface area contributed by atoms with E-state index in [1.807, 2.05) is 30.5 Å². The molecule has 0 aliphatic heterocycles. The Bertz CT molecular complexity index is 414. The van der Waals surface area contributed by atoms with Gasteiger partial charge in [0.1, 0.15) is 5.75 Å². The summed E-state index contributed by atoms with van der Waals surface area (Å²) in [6.07, 6.45) is 2.00. The minimum atomic E-state index is 0.886. The van der Waals surface area contributed by atoms with Crippen molar-refractivity contribution in [3.8, 4) is 17.0 Å². The van der Waals surface area contributed by atoms with E-state index >= 15 is 0 Å². The number of ether oxygens (including phenoxy) is 1. The van der Waals surface area contributed by atoms with Crippen LogP contribution < -0.4 is 4.74 Å². The molecule has 0 aliphatic carbocycles. The Balaban J connectivity index is 2.33. The predicted molar refractivity (Wildman–Crippen MR) is 57.5 cm³/mol. The number of hydrogen-bond donors (Lipinski definition) is 1. The molecule has 0 saturated carbocycles. The van der Waals surface area contributed by atoms with Gasteiger partial charge in [0.2, 0.25) is 0 Å². The van der Waals surface area contributed by atoms with Crippen LogP contribution in [0.15, 0.2) is 36.5 Å². The number of H-pyrrole nitrogens is 1. The molecule has 0 atom stereocenters. The Morgan fingerprint density at radius 1 is 1.14 bits per heavy atom. The molecule has 1 aromatic carbocycles. The van der Waals surface area contributed by atoms with Gasteiger partial charge in [0.05, 0.1) is 7.11 Å². The summed E-state index contributed by atoms with van der Waals surface area (Å²) in [5.41, 5.74) is 3.57. The van der Waals surface area contributed by atoms with Crippen molar-refractivity contribution >= 4 is 0 Å². The van der Waals surface area contributed by atoms with E-state index in [9.17, 15) is 0 Å². The van der Waals surface area contributed by atoms with Crippen LogP contribution >= 0.6 is 0 Å². The minimum absolute atomic E-state index is 0.886. The van der Waals surface area contributed by atoms with Gasteiger partial charge >= 0.3 is 0 Å². The van der Waals surface area contributed by atoms with Gasteiger partial charge in [-0.25, -0.2) is 0 Å². The summed E-state index contributed by atoms with van der Waals surface area (Å²) in [5.74, 6) is 0.886. The fourth-order valence-corrected chi connectivity index (χ4v) is 1.44. The number of methoxy groups -OCH3 is 1. The third kappa shape index (κ3) is 1.64. The highest BCUT2D eigenvalue weighted by Crippen LogP contribution is 2.21. The molecule has 1 aromatic heterocycles. The van der Waals surface area contributed by atoms with Crippen LogP contribution in [0.1, 0.15) is 5.56 Å². The maximum Gasteiger partial charge on any atom is 0.118 e. The van der Waals surface area contributed by atoms with E-state index in [0.717, 1.165) is 11.4 Å². The van der Waals surface area contributed by atoms with Crippen molar-refractivity contribution in [2.24, 2.45) is 0 Å². The lowest BCUT2D eigenvalue weighted by Gasteiger charge is -2.00. The monoisotopic (exact) mass is 187 g/mol. The first kappa shape index (κ1) is 8.88. The molecule has 2 heteroatoms. The first-order chi connectivity index (χ1) is 6.79. The fourth-order valence-electron chi connectivity index (χ4n) is 1.44. The predicted octanol–water partition coefficient (Wildman–Crippen LogP) is 3.00. The molecule has 72 valence electrons. The van der Waals surface area contributed by atoms with E-state index in [4.69, 9.17) is 4.74 Å². The van der Waals surface area contributed by atoms with E-state index in [1.165, 1.54) is 11.1 Å². The second-order valence-electron chi connectivity index (χ2n) is 3.32. The molecular weight excluding hydrogens is 174 g/mol. The number of hydrogen-bond acceptors (Lipinski definition) is 1. The number of benzene rings is 1. The Labute approximate surface area is 83.5 Å². The van der Waals surface area contributed by atoms with Gasteiger partial charge in [-0.05, 0) is 48.4 Å².